The van der Waals surface area contributed by atoms with Gasteiger partial charge in [0.15, 0.2) is 0 Å². The molecule has 24 heavy (non-hydrogen) atoms. The molecule has 3 rings (SSSR count). The van der Waals surface area contributed by atoms with Crippen LogP contribution >= 0.6 is 0 Å². The molecule has 2 saturated heterocycles. The van der Waals surface area contributed by atoms with Crippen LogP contribution in [0.5, 0.6) is 0 Å². The average Bonchev–Trinajstić information content (AvgIpc) is 2.61. The highest BCUT2D eigenvalue weighted by molar-refractivity contribution is 5.27. The normalized spacial score (nSPS) is 22.5. The maximum Gasteiger partial charge on any atom is 0.416 e. The van der Waals surface area contributed by atoms with Crippen molar-refractivity contribution in [1.29, 1.82) is 0 Å². The van der Waals surface area contributed by atoms with Crippen molar-refractivity contribution in [3.05, 3.63) is 35.4 Å². The largest absolute Gasteiger partial charge is 0.416 e. The van der Waals surface area contributed by atoms with Gasteiger partial charge in [-0.15, -0.1) is 0 Å². The van der Waals surface area contributed by atoms with Gasteiger partial charge in [-0.3, -0.25) is 4.90 Å². The first-order valence-corrected chi connectivity index (χ1v) is 8.88. The Hall–Kier alpha value is -1.11. The van der Waals surface area contributed by atoms with Crippen molar-refractivity contribution in [2.24, 2.45) is 0 Å². The quantitative estimate of drug-likeness (QED) is 0.908. The standard InChI is InChI=1S/C18H26F3N3/c19-18(20,21)16-6-4-15(5-7-16)17(24-12-8-22-9-13-24)14-23-10-2-1-3-11-23/h4-7,17,22H,1-3,8-14H2. The summed E-state index contributed by atoms with van der Waals surface area (Å²) in [6, 6.07) is 5.95. The van der Waals surface area contributed by atoms with Gasteiger partial charge in [-0.05, 0) is 43.6 Å². The third-order valence-electron chi connectivity index (χ3n) is 5.09. The maximum atomic E-state index is 12.8. The summed E-state index contributed by atoms with van der Waals surface area (Å²) in [5.41, 5.74) is 0.429. The van der Waals surface area contributed by atoms with Crippen LogP contribution in [0.25, 0.3) is 0 Å². The summed E-state index contributed by atoms with van der Waals surface area (Å²) < 4.78 is 38.5. The number of hydrogen-bond donors (Lipinski definition) is 1. The summed E-state index contributed by atoms with van der Waals surface area (Å²) in [6.45, 7) is 6.88. The van der Waals surface area contributed by atoms with Gasteiger partial charge in [0.25, 0.3) is 0 Å². The molecule has 2 fully saturated rings. The SMILES string of the molecule is FC(F)(F)c1ccc(C(CN2CCCCC2)N2CCNCC2)cc1. The number of rotatable bonds is 4. The summed E-state index contributed by atoms with van der Waals surface area (Å²) in [5.74, 6) is 0. The van der Waals surface area contributed by atoms with E-state index in [9.17, 15) is 13.2 Å². The van der Waals surface area contributed by atoms with Crippen molar-refractivity contribution in [2.45, 2.75) is 31.5 Å². The Bertz CT molecular complexity index is 503. The molecule has 1 N–H and O–H groups in total. The van der Waals surface area contributed by atoms with Crippen molar-refractivity contribution >= 4 is 0 Å². The Morgan fingerprint density at radius 3 is 2.12 bits per heavy atom. The highest BCUT2D eigenvalue weighted by atomic mass is 19.4. The van der Waals surface area contributed by atoms with Crippen LogP contribution in [0.15, 0.2) is 24.3 Å². The minimum atomic E-state index is -4.27. The lowest BCUT2D eigenvalue weighted by atomic mass is 10.0. The minimum Gasteiger partial charge on any atom is -0.314 e. The molecule has 0 aromatic heterocycles. The molecule has 6 heteroatoms. The van der Waals surface area contributed by atoms with E-state index >= 15 is 0 Å². The number of nitrogens with one attached hydrogen (secondary N) is 1. The van der Waals surface area contributed by atoms with Crippen LogP contribution in [0.2, 0.25) is 0 Å². The van der Waals surface area contributed by atoms with Crippen LogP contribution in [0, 0.1) is 0 Å². The first-order valence-electron chi connectivity index (χ1n) is 8.88. The van der Waals surface area contributed by atoms with E-state index in [2.05, 4.69) is 15.1 Å². The zero-order valence-corrected chi connectivity index (χ0v) is 14.0. The molecule has 2 aliphatic heterocycles. The molecule has 134 valence electrons. The van der Waals surface area contributed by atoms with Gasteiger partial charge in [0.1, 0.15) is 0 Å². The molecule has 2 heterocycles. The molecule has 1 aromatic rings. The number of piperidine rings is 1. The fourth-order valence-corrected chi connectivity index (χ4v) is 3.71. The van der Waals surface area contributed by atoms with Crippen molar-refractivity contribution in [3.8, 4) is 0 Å². The van der Waals surface area contributed by atoms with E-state index in [1.54, 1.807) is 12.1 Å². The zero-order chi connectivity index (χ0) is 17.0. The van der Waals surface area contributed by atoms with E-state index in [0.29, 0.717) is 0 Å². The number of halogens is 3. The van der Waals surface area contributed by atoms with Crippen LogP contribution in [-0.4, -0.2) is 55.6 Å². The zero-order valence-electron chi connectivity index (χ0n) is 14.0. The van der Waals surface area contributed by atoms with Crippen molar-refractivity contribution < 1.29 is 13.2 Å². The Labute approximate surface area is 141 Å². The molecule has 1 atom stereocenters. The molecule has 2 aliphatic rings. The van der Waals surface area contributed by atoms with Crippen LogP contribution in [-0.2, 0) is 6.18 Å². The number of hydrogen-bond acceptors (Lipinski definition) is 3. The van der Waals surface area contributed by atoms with Crippen LogP contribution in [0.3, 0.4) is 0 Å². The van der Waals surface area contributed by atoms with Gasteiger partial charge in [-0.2, -0.15) is 13.2 Å². The number of alkyl halides is 3. The number of piperazine rings is 1. The minimum absolute atomic E-state index is 0.174. The lowest BCUT2D eigenvalue weighted by molar-refractivity contribution is -0.137. The highest BCUT2D eigenvalue weighted by Crippen LogP contribution is 2.31. The second-order valence-electron chi connectivity index (χ2n) is 6.78. The molecule has 1 aromatic carbocycles. The summed E-state index contributed by atoms with van der Waals surface area (Å²) in [6.07, 6.45) is -0.534. The summed E-state index contributed by atoms with van der Waals surface area (Å²) in [5, 5.41) is 3.35. The smallest absolute Gasteiger partial charge is 0.314 e. The van der Waals surface area contributed by atoms with Crippen molar-refractivity contribution in [2.75, 3.05) is 45.8 Å². The van der Waals surface area contributed by atoms with E-state index in [0.717, 1.165) is 51.4 Å². The van der Waals surface area contributed by atoms with Crippen LogP contribution < -0.4 is 5.32 Å². The lowest BCUT2D eigenvalue weighted by Gasteiger charge is -2.39. The molecule has 0 amide bonds. The number of likely N-dealkylation sites (tertiary alicyclic amines) is 1. The molecule has 0 radical (unpaired) electrons. The van der Waals surface area contributed by atoms with Gasteiger partial charge in [0, 0.05) is 38.8 Å². The molecule has 0 saturated carbocycles. The summed E-state index contributed by atoms with van der Waals surface area (Å²) in [4.78, 5) is 4.88. The van der Waals surface area contributed by atoms with E-state index in [-0.39, 0.29) is 6.04 Å². The van der Waals surface area contributed by atoms with Crippen molar-refractivity contribution in [1.82, 2.24) is 15.1 Å². The fourth-order valence-electron chi connectivity index (χ4n) is 3.71. The molecule has 1 unspecified atom stereocenters. The van der Waals surface area contributed by atoms with Gasteiger partial charge in [-0.1, -0.05) is 18.6 Å². The molecule has 0 bridgehead atoms. The Kier molecular flexibility index (Phi) is 5.79. The molecule has 0 aliphatic carbocycles. The predicted molar refractivity (Wildman–Crippen MR) is 88.9 cm³/mol. The van der Waals surface area contributed by atoms with Crippen molar-refractivity contribution in [3.63, 3.8) is 0 Å². The van der Waals surface area contributed by atoms with Crippen LogP contribution in [0.1, 0.15) is 36.4 Å². The second kappa shape index (κ2) is 7.85. The summed E-state index contributed by atoms with van der Waals surface area (Å²) >= 11 is 0. The maximum absolute atomic E-state index is 12.8. The second-order valence-corrected chi connectivity index (χ2v) is 6.78. The molecule has 0 spiro atoms. The van der Waals surface area contributed by atoms with Gasteiger partial charge in [0.2, 0.25) is 0 Å². The lowest BCUT2D eigenvalue weighted by Crippen LogP contribution is -2.48. The first kappa shape index (κ1) is 17.7. The average molecular weight is 341 g/mol. The van der Waals surface area contributed by atoms with Gasteiger partial charge < -0.3 is 10.2 Å². The van der Waals surface area contributed by atoms with E-state index in [1.807, 2.05) is 0 Å². The third-order valence-corrected chi connectivity index (χ3v) is 5.09. The fraction of sp³-hybridized carbons (Fsp3) is 0.667. The van der Waals surface area contributed by atoms with E-state index < -0.39 is 11.7 Å². The Morgan fingerprint density at radius 1 is 0.917 bits per heavy atom. The topological polar surface area (TPSA) is 18.5 Å². The summed E-state index contributed by atoms with van der Waals surface area (Å²) in [7, 11) is 0. The highest BCUT2D eigenvalue weighted by Gasteiger charge is 2.31. The van der Waals surface area contributed by atoms with E-state index in [4.69, 9.17) is 0 Å². The van der Waals surface area contributed by atoms with Gasteiger partial charge in [0.05, 0.1) is 5.56 Å². The molecular formula is C18H26F3N3. The van der Waals surface area contributed by atoms with Crippen LogP contribution in [0.4, 0.5) is 13.2 Å². The monoisotopic (exact) mass is 341 g/mol. The Balaban J connectivity index is 1.77. The molecular weight excluding hydrogens is 315 g/mol. The third kappa shape index (κ3) is 4.49. The molecule has 3 nitrogen and oxygen atoms in total. The number of nitrogens with zero attached hydrogens (tertiary/aromatic N) is 2. The van der Waals surface area contributed by atoms with E-state index in [1.165, 1.54) is 31.4 Å². The van der Waals surface area contributed by atoms with Gasteiger partial charge >= 0.3 is 6.18 Å². The van der Waals surface area contributed by atoms with Gasteiger partial charge in [-0.25, -0.2) is 0 Å². The number of benzene rings is 1. The Morgan fingerprint density at radius 2 is 1.54 bits per heavy atom. The predicted octanol–water partition coefficient (Wildman–Crippen LogP) is 3.14. The first-order chi connectivity index (χ1) is 11.5.